The maximum absolute atomic E-state index is 12.4. The third-order valence-electron chi connectivity index (χ3n) is 5.16. The number of ketones is 1. The minimum Gasteiger partial charge on any atom is -0.298 e. The molecule has 0 aliphatic heterocycles. The molecule has 3 aromatic heterocycles. The number of aryl methyl sites for hydroxylation is 1. The third kappa shape index (κ3) is 3.51. The molecule has 0 atom stereocenters. The highest BCUT2D eigenvalue weighted by molar-refractivity contribution is 5.86. The van der Waals surface area contributed by atoms with Gasteiger partial charge in [0.1, 0.15) is 0 Å². The van der Waals surface area contributed by atoms with Crippen LogP contribution in [0.1, 0.15) is 25.0 Å². The number of hydrogen-bond donors (Lipinski definition) is 0. The second kappa shape index (κ2) is 6.96. The van der Waals surface area contributed by atoms with Crippen molar-refractivity contribution in [3.63, 3.8) is 0 Å². The summed E-state index contributed by atoms with van der Waals surface area (Å²) in [6, 6.07) is 4.63. The van der Waals surface area contributed by atoms with Crippen LogP contribution in [0.5, 0.6) is 0 Å². The minimum absolute atomic E-state index is 0.211. The van der Waals surface area contributed by atoms with E-state index in [0.29, 0.717) is 19.0 Å². The van der Waals surface area contributed by atoms with Crippen LogP contribution in [0.3, 0.4) is 0 Å². The van der Waals surface area contributed by atoms with Gasteiger partial charge in [0.15, 0.2) is 5.78 Å². The standard InChI is InChI=1S/C20H23N5O/c1-24(18-4-3-5-18)13-19(26)8-17-7-14-6-15(9-22-20(14)11-21-17)16-10-23-25(2)12-16/h6-7,9-12,18H,3-5,8,13H2,1-2H3. The number of hydrogen-bond acceptors (Lipinski definition) is 5. The molecule has 134 valence electrons. The summed E-state index contributed by atoms with van der Waals surface area (Å²) in [6.07, 6.45) is 11.4. The molecule has 0 N–H and O–H groups in total. The molecule has 0 aromatic carbocycles. The number of carbonyl (C=O) groups is 1. The van der Waals surface area contributed by atoms with Gasteiger partial charge in [-0.05, 0) is 32.0 Å². The number of nitrogens with zero attached hydrogens (tertiary/aromatic N) is 5. The van der Waals surface area contributed by atoms with Crippen molar-refractivity contribution in [2.75, 3.05) is 13.6 Å². The summed E-state index contributed by atoms with van der Waals surface area (Å²) in [4.78, 5) is 23.5. The smallest absolute Gasteiger partial charge is 0.152 e. The number of pyridine rings is 2. The van der Waals surface area contributed by atoms with Crippen molar-refractivity contribution in [1.82, 2.24) is 24.6 Å². The van der Waals surface area contributed by atoms with Crippen LogP contribution >= 0.6 is 0 Å². The fourth-order valence-corrected chi connectivity index (χ4v) is 3.39. The summed E-state index contributed by atoms with van der Waals surface area (Å²) in [5, 5.41) is 5.21. The molecule has 0 bridgehead atoms. The molecule has 1 aliphatic carbocycles. The van der Waals surface area contributed by atoms with E-state index in [4.69, 9.17) is 0 Å². The number of aromatic nitrogens is 4. The second-order valence-corrected chi connectivity index (χ2v) is 7.21. The quantitative estimate of drug-likeness (QED) is 0.684. The Hall–Kier alpha value is -2.60. The Labute approximate surface area is 152 Å². The van der Waals surface area contributed by atoms with Crippen molar-refractivity contribution in [3.8, 4) is 11.1 Å². The molecule has 1 saturated carbocycles. The Kier molecular flexibility index (Phi) is 4.51. The maximum atomic E-state index is 12.4. The Bertz CT molecular complexity index is 944. The number of likely N-dealkylation sites (N-methyl/N-ethyl adjacent to an activating group) is 1. The van der Waals surface area contributed by atoms with Crippen molar-refractivity contribution in [2.45, 2.75) is 31.7 Å². The van der Waals surface area contributed by atoms with Crippen molar-refractivity contribution in [2.24, 2.45) is 7.05 Å². The maximum Gasteiger partial charge on any atom is 0.152 e. The van der Waals surface area contributed by atoms with Crippen LogP contribution in [0.2, 0.25) is 0 Å². The second-order valence-electron chi connectivity index (χ2n) is 7.21. The molecule has 3 aromatic rings. The molecule has 0 spiro atoms. The minimum atomic E-state index is 0.211. The van der Waals surface area contributed by atoms with Crippen LogP contribution in [0.4, 0.5) is 0 Å². The number of fused-ring (bicyclic) bond motifs is 1. The van der Waals surface area contributed by atoms with Crippen LogP contribution in [0.25, 0.3) is 22.0 Å². The van der Waals surface area contributed by atoms with E-state index in [-0.39, 0.29) is 5.78 Å². The lowest BCUT2D eigenvalue weighted by Gasteiger charge is -2.34. The van der Waals surface area contributed by atoms with Crippen LogP contribution in [-0.2, 0) is 18.3 Å². The average molecular weight is 349 g/mol. The molecule has 0 unspecified atom stereocenters. The van der Waals surface area contributed by atoms with Gasteiger partial charge >= 0.3 is 0 Å². The van der Waals surface area contributed by atoms with Gasteiger partial charge in [0.05, 0.1) is 30.9 Å². The molecule has 3 heterocycles. The molecular weight excluding hydrogens is 326 g/mol. The van der Waals surface area contributed by atoms with E-state index in [1.807, 2.05) is 38.8 Å². The summed E-state index contributed by atoms with van der Waals surface area (Å²) in [5.74, 6) is 0.211. The molecule has 6 nitrogen and oxygen atoms in total. The topological polar surface area (TPSA) is 63.9 Å². The van der Waals surface area contributed by atoms with E-state index < -0.39 is 0 Å². The zero-order valence-electron chi connectivity index (χ0n) is 15.2. The van der Waals surface area contributed by atoms with Gasteiger partial charge in [0.2, 0.25) is 0 Å². The zero-order chi connectivity index (χ0) is 18.1. The molecule has 0 radical (unpaired) electrons. The predicted octanol–water partition coefficient (Wildman–Crippen LogP) is 2.63. The van der Waals surface area contributed by atoms with Crippen molar-refractivity contribution < 1.29 is 4.79 Å². The van der Waals surface area contributed by atoms with Crippen molar-refractivity contribution in [3.05, 3.63) is 42.6 Å². The first-order valence-corrected chi connectivity index (χ1v) is 9.04. The highest BCUT2D eigenvalue weighted by Gasteiger charge is 2.23. The molecule has 6 heteroatoms. The highest BCUT2D eigenvalue weighted by Crippen LogP contribution is 2.24. The van der Waals surface area contributed by atoms with Gasteiger partial charge in [-0.15, -0.1) is 0 Å². The van der Waals surface area contributed by atoms with E-state index in [0.717, 1.165) is 27.7 Å². The highest BCUT2D eigenvalue weighted by atomic mass is 16.1. The van der Waals surface area contributed by atoms with Crippen molar-refractivity contribution in [1.29, 1.82) is 0 Å². The van der Waals surface area contributed by atoms with E-state index in [1.54, 1.807) is 10.9 Å². The lowest BCUT2D eigenvalue weighted by Crippen LogP contribution is -2.40. The van der Waals surface area contributed by atoms with Gasteiger partial charge in [-0.1, -0.05) is 6.42 Å². The van der Waals surface area contributed by atoms with E-state index in [9.17, 15) is 4.79 Å². The van der Waals surface area contributed by atoms with Gasteiger partial charge in [0, 0.05) is 47.7 Å². The van der Waals surface area contributed by atoms with E-state index in [1.165, 1.54) is 19.3 Å². The first-order valence-electron chi connectivity index (χ1n) is 9.04. The molecular formula is C20H23N5O. The Morgan fingerprint density at radius 3 is 2.73 bits per heavy atom. The summed E-state index contributed by atoms with van der Waals surface area (Å²) < 4.78 is 1.77. The molecule has 1 fully saturated rings. The number of rotatable bonds is 6. The van der Waals surface area contributed by atoms with Crippen LogP contribution < -0.4 is 0 Å². The molecule has 4 rings (SSSR count). The monoisotopic (exact) mass is 349 g/mol. The summed E-state index contributed by atoms with van der Waals surface area (Å²) in [6.45, 7) is 0.498. The van der Waals surface area contributed by atoms with Gasteiger partial charge in [-0.3, -0.25) is 24.3 Å². The lowest BCUT2D eigenvalue weighted by atomic mass is 9.91. The summed E-state index contributed by atoms with van der Waals surface area (Å²) in [5.41, 5.74) is 3.67. The Morgan fingerprint density at radius 2 is 2.04 bits per heavy atom. The molecule has 0 saturated heterocycles. The van der Waals surface area contributed by atoms with E-state index in [2.05, 4.69) is 26.0 Å². The van der Waals surface area contributed by atoms with Crippen LogP contribution in [-0.4, -0.2) is 50.1 Å². The summed E-state index contributed by atoms with van der Waals surface area (Å²) >= 11 is 0. The van der Waals surface area contributed by atoms with E-state index >= 15 is 0 Å². The Morgan fingerprint density at radius 1 is 1.19 bits per heavy atom. The first kappa shape index (κ1) is 16.8. The van der Waals surface area contributed by atoms with Gasteiger partial charge < -0.3 is 0 Å². The third-order valence-corrected chi connectivity index (χ3v) is 5.16. The number of Topliss-reactive ketones (excluding diaryl/α,β-unsaturated/α-hetero) is 1. The first-order chi connectivity index (χ1) is 12.6. The fourth-order valence-electron chi connectivity index (χ4n) is 3.39. The zero-order valence-corrected chi connectivity index (χ0v) is 15.2. The van der Waals surface area contributed by atoms with Gasteiger partial charge in [0.25, 0.3) is 0 Å². The van der Waals surface area contributed by atoms with Crippen LogP contribution in [0, 0.1) is 0 Å². The SMILES string of the molecule is CN(CC(=O)Cc1cc2cc(-c3cnn(C)c3)cnc2cn1)C1CCC1. The van der Waals surface area contributed by atoms with Crippen molar-refractivity contribution >= 4 is 16.7 Å². The molecule has 0 amide bonds. The largest absolute Gasteiger partial charge is 0.298 e. The summed E-state index contributed by atoms with van der Waals surface area (Å²) in [7, 11) is 3.94. The average Bonchev–Trinajstić information content (AvgIpc) is 2.98. The Balaban J connectivity index is 1.51. The lowest BCUT2D eigenvalue weighted by molar-refractivity contribution is -0.120. The van der Waals surface area contributed by atoms with Gasteiger partial charge in [-0.25, -0.2) is 0 Å². The number of carbonyl (C=O) groups excluding carboxylic acids is 1. The molecule has 1 aliphatic rings. The molecule has 26 heavy (non-hydrogen) atoms. The fraction of sp³-hybridized carbons (Fsp3) is 0.400. The normalized spacial score (nSPS) is 14.7. The van der Waals surface area contributed by atoms with Gasteiger partial charge in [-0.2, -0.15) is 5.10 Å². The van der Waals surface area contributed by atoms with Crippen LogP contribution in [0.15, 0.2) is 36.9 Å². The predicted molar refractivity (Wildman–Crippen MR) is 101 cm³/mol.